The van der Waals surface area contributed by atoms with Crippen molar-refractivity contribution >= 4 is 21.5 Å². The largest absolute Gasteiger partial charge is 0.484 e. The van der Waals surface area contributed by atoms with Gasteiger partial charge in [-0.05, 0) is 24.1 Å². The highest BCUT2D eigenvalue weighted by Crippen LogP contribution is 2.26. The molecular formula is C18H17F2N3O5S. The molecule has 0 unspecified atom stereocenters. The molecule has 0 fully saturated rings. The molecule has 1 aromatic carbocycles. The van der Waals surface area contributed by atoms with Gasteiger partial charge < -0.3 is 14.7 Å². The molecule has 0 bridgehead atoms. The monoisotopic (exact) mass is 425 g/mol. The first kappa shape index (κ1) is 20.6. The van der Waals surface area contributed by atoms with Gasteiger partial charge in [-0.15, -0.1) is 0 Å². The number of carboxylic acid groups (broad SMARTS) is 1. The lowest BCUT2D eigenvalue weighted by atomic mass is 10.1. The molecule has 0 atom stereocenters. The summed E-state index contributed by atoms with van der Waals surface area (Å²) in [5.41, 5.74) is 1.81. The predicted octanol–water partition coefficient (Wildman–Crippen LogP) is 2.50. The fourth-order valence-corrected chi connectivity index (χ4v) is 3.46. The highest BCUT2D eigenvalue weighted by atomic mass is 32.2. The van der Waals surface area contributed by atoms with Crippen molar-refractivity contribution in [3.8, 4) is 5.75 Å². The second kappa shape index (κ2) is 8.11. The van der Waals surface area contributed by atoms with Gasteiger partial charge in [0.2, 0.25) is 5.82 Å². The average Bonchev–Trinajstić information content (AvgIpc) is 2.68. The van der Waals surface area contributed by atoms with Gasteiger partial charge in [0.15, 0.2) is 21.4 Å². The number of ether oxygens (including phenoxy) is 1. The van der Waals surface area contributed by atoms with E-state index in [1.165, 1.54) is 17.3 Å². The first-order valence-corrected chi connectivity index (χ1v) is 10.3. The molecule has 3 rings (SSSR count). The molecule has 11 heteroatoms. The van der Waals surface area contributed by atoms with Crippen molar-refractivity contribution in [2.75, 3.05) is 19.3 Å². The third-order valence-electron chi connectivity index (χ3n) is 4.30. The van der Waals surface area contributed by atoms with E-state index in [9.17, 15) is 22.0 Å². The van der Waals surface area contributed by atoms with Crippen LogP contribution in [0.4, 0.5) is 13.6 Å². The quantitative estimate of drug-likeness (QED) is 0.784. The number of hydrogen-bond donors (Lipinski definition) is 1. The summed E-state index contributed by atoms with van der Waals surface area (Å²) in [5.74, 6) is -3.33. The minimum atomic E-state index is -3.90. The highest BCUT2D eigenvalue weighted by Gasteiger charge is 2.21. The number of nitrogens with zero attached hydrogens (tertiary/aromatic N) is 3. The van der Waals surface area contributed by atoms with Crippen molar-refractivity contribution in [1.82, 2.24) is 14.9 Å². The zero-order valence-corrected chi connectivity index (χ0v) is 16.1. The van der Waals surface area contributed by atoms with E-state index in [0.717, 1.165) is 24.0 Å². The average molecular weight is 425 g/mol. The molecule has 0 spiro atoms. The molecule has 1 aliphatic heterocycles. The van der Waals surface area contributed by atoms with Gasteiger partial charge in [-0.1, -0.05) is 6.08 Å². The topological polar surface area (TPSA) is 110 Å². The second-order valence-electron chi connectivity index (χ2n) is 6.35. The lowest BCUT2D eigenvalue weighted by molar-refractivity contribution is 0.150. The van der Waals surface area contributed by atoms with Gasteiger partial charge in [-0.3, -0.25) is 9.97 Å². The summed E-state index contributed by atoms with van der Waals surface area (Å²) in [6.45, 7) is 0.432. The maximum absolute atomic E-state index is 14.0. The lowest BCUT2D eigenvalue weighted by Gasteiger charge is -2.23. The Morgan fingerprint density at radius 2 is 2.00 bits per heavy atom. The van der Waals surface area contributed by atoms with Gasteiger partial charge in [0, 0.05) is 19.3 Å². The minimum absolute atomic E-state index is 0.201. The molecule has 29 heavy (non-hydrogen) atoms. The summed E-state index contributed by atoms with van der Waals surface area (Å²) >= 11 is 0. The number of hydrogen-bond acceptors (Lipinski definition) is 6. The minimum Gasteiger partial charge on any atom is -0.484 e. The van der Waals surface area contributed by atoms with Crippen LogP contribution in [0, 0.1) is 11.6 Å². The fourth-order valence-electron chi connectivity index (χ4n) is 2.73. The van der Waals surface area contributed by atoms with Crippen LogP contribution in [-0.4, -0.2) is 53.8 Å². The molecule has 1 amide bonds. The smallest absolute Gasteiger partial charge is 0.407 e. The summed E-state index contributed by atoms with van der Waals surface area (Å²) in [7, 11) is -3.90. The van der Waals surface area contributed by atoms with Gasteiger partial charge in [0.25, 0.3) is 0 Å². The molecule has 1 N–H and O–H groups in total. The van der Waals surface area contributed by atoms with Crippen LogP contribution < -0.4 is 4.74 Å². The van der Waals surface area contributed by atoms with E-state index in [1.807, 2.05) is 0 Å². The molecule has 0 saturated heterocycles. The van der Waals surface area contributed by atoms with E-state index < -0.39 is 38.2 Å². The number of rotatable bonds is 5. The Bertz CT molecular complexity index is 1070. The van der Waals surface area contributed by atoms with E-state index in [0.29, 0.717) is 24.4 Å². The van der Waals surface area contributed by atoms with Crippen molar-refractivity contribution in [2.24, 2.45) is 0 Å². The Morgan fingerprint density at radius 3 is 2.55 bits per heavy atom. The zero-order valence-electron chi connectivity index (χ0n) is 15.3. The molecule has 8 nitrogen and oxygen atoms in total. The number of halogens is 2. The Morgan fingerprint density at radius 1 is 1.24 bits per heavy atom. The number of aromatic nitrogens is 2. The SMILES string of the molecule is CS(=O)(=O)c1ccc(OCc2cnc(C3=CCN(C(=O)O)CC3)cn2)c(F)c1F. The Kier molecular flexibility index (Phi) is 5.78. The van der Waals surface area contributed by atoms with E-state index in [1.54, 1.807) is 6.08 Å². The molecule has 154 valence electrons. The van der Waals surface area contributed by atoms with E-state index in [4.69, 9.17) is 9.84 Å². The van der Waals surface area contributed by atoms with Crippen LogP contribution in [0.5, 0.6) is 5.75 Å². The first-order valence-electron chi connectivity index (χ1n) is 8.46. The third kappa shape index (κ3) is 4.67. The van der Waals surface area contributed by atoms with Crippen LogP contribution in [-0.2, 0) is 16.4 Å². The van der Waals surface area contributed by atoms with E-state index >= 15 is 0 Å². The number of amides is 1. The Labute approximate surface area is 165 Å². The summed E-state index contributed by atoms with van der Waals surface area (Å²) in [4.78, 5) is 19.9. The van der Waals surface area contributed by atoms with Gasteiger partial charge >= 0.3 is 6.09 Å². The molecule has 1 aliphatic rings. The molecule has 2 aromatic rings. The lowest BCUT2D eigenvalue weighted by Crippen LogP contribution is -2.33. The van der Waals surface area contributed by atoms with Crippen molar-refractivity contribution in [2.45, 2.75) is 17.9 Å². The molecule has 2 heterocycles. The Hall–Kier alpha value is -3.08. The van der Waals surface area contributed by atoms with Crippen LogP contribution in [0.2, 0.25) is 0 Å². The number of benzene rings is 1. The van der Waals surface area contributed by atoms with Crippen molar-refractivity contribution in [3.63, 3.8) is 0 Å². The second-order valence-corrected chi connectivity index (χ2v) is 8.34. The normalized spacial score (nSPS) is 14.4. The maximum atomic E-state index is 14.0. The summed E-state index contributed by atoms with van der Waals surface area (Å²) in [6.07, 6.45) is 4.98. The van der Waals surface area contributed by atoms with Crippen LogP contribution in [0.25, 0.3) is 5.57 Å². The van der Waals surface area contributed by atoms with Gasteiger partial charge in [0.05, 0.1) is 23.8 Å². The maximum Gasteiger partial charge on any atom is 0.407 e. The predicted molar refractivity (Wildman–Crippen MR) is 98.0 cm³/mol. The first-order chi connectivity index (χ1) is 13.7. The number of sulfone groups is 1. The van der Waals surface area contributed by atoms with Crippen molar-refractivity contribution < 1.29 is 31.8 Å². The van der Waals surface area contributed by atoms with Crippen LogP contribution >= 0.6 is 0 Å². The standard InChI is InChI=1S/C18H17F2N3O5S/c1-29(26,27)15-3-2-14(16(19)17(15)20)28-10-12-8-22-13(9-21-12)11-4-6-23(7-5-11)18(24)25/h2-4,8-9H,5-7,10H2,1H3,(H,24,25). The van der Waals surface area contributed by atoms with E-state index in [2.05, 4.69) is 9.97 Å². The zero-order chi connectivity index (χ0) is 21.2. The van der Waals surface area contributed by atoms with E-state index in [-0.39, 0.29) is 13.2 Å². The third-order valence-corrected chi connectivity index (χ3v) is 5.41. The molecule has 0 radical (unpaired) electrons. The molecule has 1 aromatic heterocycles. The number of carbonyl (C=O) groups is 1. The van der Waals surface area contributed by atoms with Gasteiger partial charge in [-0.25, -0.2) is 17.6 Å². The molecule has 0 aliphatic carbocycles. The summed E-state index contributed by atoms with van der Waals surface area (Å²) in [5, 5.41) is 8.95. The van der Waals surface area contributed by atoms with Crippen LogP contribution in [0.3, 0.4) is 0 Å². The Balaban J connectivity index is 1.67. The van der Waals surface area contributed by atoms with Crippen molar-refractivity contribution in [1.29, 1.82) is 0 Å². The van der Waals surface area contributed by atoms with Crippen LogP contribution in [0.1, 0.15) is 17.8 Å². The van der Waals surface area contributed by atoms with Gasteiger partial charge in [-0.2, -0.15) is 4.39 Å². The van der Waals surface area contributed by atoms with Gasteiger partial charge in [0.1, 0.15) is 11.5 Å². The summed E-state index contributed by atoms with van der Waals surface area (Å²) < 4.78 is 56.0. The molecular weight excluding hydrogens is 408 g/mol. The highest BCUT2D eigenvalue weighted by molar-refractivity contribution is 7.90. The fraction of sp³-hybridized carbons (Fsp3) is 0.278. The summed E-state index contributed by atoms with van der Waals surface area (Å²) in [6, 6.07) is 1.98. The molecule has 0 saturated carbocycles. The van der Waals surface area contributed by atoms with Crippen molar-refractivity contribution in [3.05, 3.63) is 53.6 Å². The van der Waals surface area contributed by atoms with Crippen LogP contribution in [0.15, 0.2) is 35.5 Å².